The number of nitrogens with zero attached hydrogens (tertiary/aromatic N) is 3. The molecule has 7 nitrogen and oxygen atoms in total. The fraction of sp³-hybridized carbons (Fsp3) is 0.471. The quantitative estimate of drug-likeness (QED) is 0.783. The second-order valence-electron chi connectivity index (χ2n) is 5.79. The number of aromatic nitrogens is 2. The Morgan fingerprint density at radius 2 is 2.12 bits per heavy atom. The molecule has 0 N–H and O–H groups in total. The number of piperidine rings is 1. The molecule has 0 aliphatic carbocycles. The maximum Gasteiger partial charge on any atom is 0.309 e. The number of hydrogen-bond donors (Lipinski definition) is 0. The highest BCUT2D eigenvalue weighted by molar-refractivity contribution is 5.91. The van der Waals surface area contributed by atoms with E-state index in [1.54, 1.807) is 34.8 Å². The molecule has 1 aliphatic rings. The maximum atomic E-state index is 12.5. The van der Waals surface area contributed by atoms with E-state index in [0.29, 0.717) is 50.6 Å². The highest BCUT2D eigenvalue weighted by Crippen LogP contribution is 2.21. The van der Waals surface area contributed by atoms with Crippen LogP contribution in [0.1, 0.15) is 36.1 Å². The Hall–Kier alpha value is -2.57. The minimum absolute atomic E-state index is 0.110. The van der Waals surface area contributed by atoms with Gasteiger partial charge in [0.2, 0.25) is 0 Å². The summed E-state index contributed by atoms with van der Waals surface area (Å²) < 4.78 is 12.4. The molecular weight excluding hydrogens is 310 g/mol. The Kier molecular flexibility index (Phi) is 4.98. The van der Waals surface area contributed by atoms with Gasteiger partial charge < -0.3 is 14.1 Å². The van der Waals surface area contributed by atoms with Crippen LogP contribution in [0.3, 0.4) is 0 Å². The van der Waals surface area contributed by atoms with Gasteiger partial charge in [0.05, 0.1) is 19.1 Å². The lowest BCUT2D eigenvalue weighted by atomic mass is 9.97. The molecule has 7 heteroatoms. The first-order valence-electron chi connectivity index (χ1n) is 8.19. The van der Waals surface area contributed by atoms with Crippen molar-refractivity contribution in [3.05, 3.63) is 42.1 Å². The van der Waals surface area contributed by atoms with Crippen molar-refractivity contribution in [2.75, 3.05) is 19.7 Å². The Bertz CT molecular complexity index is 685. The molecular formula is C17H21N3O4. The van der Waals surface area contributed by atoms with Gasteiger partial charge in [0.25, 0.3) is 5.91 Å². The van der Waals surface area contributed by atoms with Crippen LogP contribution in [0, 0.1) is 5.92 Å². The average molecular weight is 331 g/mol. The Morgan fingerprint density at radius 3 is 2.79 bits per heavy atom. The maximum absolute atomic E-state index is 12.5. The van der Waals surface area contributed by atoms with Crippen LogP contribution in [0.5, 0.6) is 0 Å². The van der Waals surface area contributed by atoms with Crippen molar-refractivity contribution in [2.45, 2.75) is 26.3 Å². The standard InChI is InChI=1S/C17H21N3O4/c1-2-23-17(22)13-6-10-19(11-7-13)16(21)15-5-4-14(24-15)12-20-9-3-8-18-20/h3-5,8-9,13H,2,6-7,10-12H2,1H3. The van der Waals surface area contributed by atoms with E-state index >= 15 is 0 Å². The lowest BCUT2D eigenvalue weighted by molar-refractivity contribution is -0.149. The number of rotatable bonds is 5. The molecule has 1 fully saturated rings. The van der Waals surface area contributed by atoms with Crippen LogP contribution in [0.2, 0.25) is 0 Å². The topological polar surface area (TPSA) is 77.6 Å². The molecule has 0 bridgehead atoms. The molecule has 2 aromatic heterocycles. The Labute approximate surface area is 140 Å². The zero-order valence-electron chi connectivity index (χ0n) is 13.7. The van der Waals surface area contributed by atoms with Gasteiger partial charge in [-0.25, -0.2) is 0 Å². The molecule has 24 heavy (non-hydrogen) atoms. The highest BCUT2D eigenvalue weighted by atomic mass is 16.5. The summed E-state index contributed by atoms with van der Waals surface area (Å²) in [5.41, 5.74) is 0. The lowest BCUT2D eigenvalue weighted by Crippen LogP contribution is -2.40. The van der Waals surface area contributed by atoms with Gasteiger partial charge in [0.15, 0.2) is 5.76 Å². The van der Waals surface area contributed by atoms with E-state index in [1.165, 1.54) is 0 Å². The van der Waals surface area contributed by atoms with Crippen LogP contribution in [0.4, 0.5) is 0 Å². The highest BCUT2D eigenvalue weighted by Gasteiger charge is 2.29. The third-order valence-electron chi connectivity index (χ3n) is 4.15. The van der Waals surface area contributed by atoms with Crippen molar-refractivity contribution in [1.82, 2.24) is 14.7 Å². The van der Waals surface area contributed by atoms with E-state index in [4.69, 9.17) is 9.15 Å². The molecule has 0 unspecified atom stereocenters. The summed E-state index contributed by atoms with van der Waals surface area (Å²) in [7, 11) is 0. The summed E-state index contributed by atoms with van der Waals surface area (Å²) in [6, 6.07) is 5.32. The fourth-order valence-electron chi connectivity index (χ4n) is 2.87. The van der Waals surface area contributed by atoms with Crippen LogP contribution in [-0.2, 0) is 16.1 Å². The van der Waals surface area contributed by atoms with Gasteiger partial charge in [0, 0.05) is 25.5 Å². The molecule has 1 aliphatic heterocycles. The number of amides is 1. The summed E-state index contributed by atoms with van der Waals surface area (Å²) >= 11 is 0. The van der Waals surface area contributed by atoms with E-state index in [1.807, 2.05) is 12.3 Å². The zero-order valence-corrected chi connectivity index (χ0v) is 13.7. The summed E-state index contributed by atoms with van der Waals surface area (Å²) in [6.07, 6.45) is 4.80. The van der Waals surface area contributed by atoms with Crippen molar-refractivity contribution in [3.63, 3.8) is 0 Å². The van der Waals surface area contributed by atoms with Gasteiger partial charge in [-0.1, -0.05) is 0 Å². The molecule has 3 rings (SSSR count). The monoisotopic (exact) mass is 331 g/mol. The predicted octanol–water partition coefficient (Wildman–Crippen LogP) is 1.94. The number of furan rings is 1. The van der Waals surface area contributed by atoms with E-state index in [-0.39, 0.29) is 17.8 Å². The normalized spacial score (nSPS) is 15.5. The van der Waals surface area contributed by atoms with Gasteiger partial charge >= 0.3 is 5.97 Å². The van der Waals surface area contributed by atoms with Crippen LogP contribution in [0.15, 0.2) is 35.0 Å². The van der Waals surface area contributed by atoms with Crippen molar-refractivity contribution >= 4 is 11.9 Å². The molecule has 3 heterocycles. The third kappa shape index (κ3) is 3.67. The van der Waals surface area contributed by atoms with Gasteiger partial charge in [-0.3, -0.25) is 14.3 Å². The molecule has 128 valence electrons. The minimum Gasteiger partial charge on any atom is -0.466 e. The first-order chi connectivity index (χ1) is 11.7. The van der Waals surface area contributed by atoms with E-state index < -0.39 is 0 Å². The molecule has 0 saturated carbocycles. The Balaban J connectivity index is 1.56. The van der Waals surface area contributed by atoms with Crippen molar-refractivity contribution in [1.29, 1.82) is 0 Å². The van der Waals surface area contributed by atoms with E-state index in [2.05, 4.69) is 5.10 Å². The van der Waals surface area contributed by atoms with Crippen molar-refractivity contribution in [2.24, 2.45) is 5.92 Å². The van der Waals surface area contributed by atoms with Crippen molar-refractivity contribution in [3.8, 4) is 0 Å². The number of carbonyl (C=O) groups is 2. The first-order valence-corrected chi connectivity index (χ1v) is 8.19. The van der Waals surface area contributed by atoms with E-state index in [9.17, 15) is 9.59 Å². The molecule has 1 saturated heterocycles. The molecule has 0 atom stereocenters. The Morgan fingerprint density at radius 1 is 1.33 bits per heavy atom. The largest absolute Gasteiger partial charge is 0.466 e. The van der Waals surface area contributed by atoms with E-state index in [0.717, 1.165) is 0 Å². The van der Waals surface area contributed by atoms with Crippen LogP contribution < -0.4 is 0 Å². The molecule has 0 radical (unpaired) electrons. The SMILES string of the molecule is CCOC(=O)C1CCN(C(=O)c2ccc(Cn3cccn3)o2)CC1. The zero-order chi connectivity index (χ0) is 16.9. The fourth-order valence-corrected chi connectivity index (χ4v) is 2.87. The van der Waals surface area contributed by atoms with Gasteiger partial charge in [-0.05, 0) is 38.0 Å². The van der Waals surface area contributed by atoms with Crippen LogP contribution >= 0.6 is 0 Å². The molecule has 0 aromatic carbocycles. The van der Waals surface area contributed by atoms with Crippen LogP contribution in [0.25, 0.3) is 0 Å². The van der Waals surface area contributed by atoms with Gasteiger partial charge in [0.1, 0.15) is 5.76 Å². The predicted molar refractivity (Wildman–Crippen MR) is 85.3 cm³/mol. The molecule has 2 aromatic rings. The summed E-state index contributed by atoms with van der Waals surface area (Å²) in [5, 5.41) is 4.11. The first kappa shape index (κ1) is 16.3. The molecule has 1 amide bonds. The average Bonchev–Trinajstić information content (AvgIpc) is 3.27. The number of carbonyl (C=O) groups excluding carboxylic acids is 2. The van der Waals surface area contributed by atoms with Gasteiger partial charge in [-0.2, -0.15) is 5.10 Å². The van der Waals surface area contributed by atoms with Crippen LogP contribution in [-0.4, -0.2) is 46.3 Å². The number of esters is 1. The second kappa shape index (κ2) is 7.33. The number of likely N-dealkylation sites (tertiary alicyclic amines) is 1. The minimum atomic E-state index is -0.163. The van der Waals surface area contributed by atoms with Gasteiger partial charge in [-0.15, -0.1) is 0 Å². The number of hydrogen-bond acceptors (Lipinski definition) is 5. The lowest BCUT2D eigenvalue weighted by Gasteiger charge is -2.30. The smallest absolute Gasteiger partial charge is 0.309 e. The molecule has 0 spiro atoms. The second-order valence-corrected chi connectivity index (χ2v) is 5.79. The number of ether oxygens (including phenoxy) is 1. The van der Waals surface area contributed by atoms with Crippen molar-refractivity contribution < 1.29 is 18.7 Å². The summed E-state index contributed by atoms with van der Waals surface area (Å²) in [4.78, 5) is 26.0. The third-order valence-corrected chi connectivity index (χ3v) is 4.15. The summed E-state index contributed by atoms with van der Waals surface area (Å²) in [6.45, 7) is 3.76. The summed E-state index contributed by atoms with van der Waals surface area (Å²) in [5.74, 6) is 0.601.